The number of carbonyl (C=O) groups excluding carboxylic acids is 1. The molecule has 20 heavy (non-hydrogen) atoms. The highest BCUT2D eigenvalue weighted by Crippen LogP contribution is 2.21. The van der Waals surface area contributed by atoms with E-state index >= 15 is 0 Å². The molecule has 0 bridgehead atoms. The molecule has 0 saturated heterocycles. The van der Waals surface area contributed by atoms with Gasteiger partial charge in [-0.25, -0.2) is 4.79 Å². The molecule has 0 spiro atoms. The molecule has 2 N–H and O–H groups in total. The van der Waals surface area contributed by atoms with Crippen LogP contribution in [0.2, 0.25) is 0 Å². The third-order valence-corrected chi connectivity index (χ3v) is 2.88. The Bertz CT molecular complexity index is 488. The number of carboxylic acids is 1. The van der Waals surface area contributed by atoms with Crippen LogP contribution in [0.25, 0.3) is 0 Å². The number of alkyl halides is 3. The summed E-state index contributed by atoms with van der Waals surface area (Å²) in [4.78, 5) is 22.2. The number of aliphatic carboxylic acids is 1. The molecule has 0 aliphatic heterocycles. The van der Waals surface area contributed by atoms with Crippen LogP contribution in [0.15, 0.2) is 28.7 Å². The minimum atomic E-state index is -4.66. The van der Waals surface area contributed by atoms with E-state index in [-0.39, 0.29) is 6.42 Å². The van der Waals surface area contributed by atoms with Crippen molar-refractivity contribution in [3.63, 3.8) is 0 Å². The lowest BCUT2D eigenvalue weighted by molar-refractivity contribution is -0.159. The minimum absolute atomic E-state index is 0.186. The number of rotatable bonds is 5. The van der Waals surface area contributed by atoms with E-state index in [2.05, 4.69) is 15.9 Å². The summed E-state index contributed by atoms with van der Waals surface area (Å²) in [5, 5.41) is 10.5. The highest BCUT2D eigenvalue weighted by Gasteiger charge is 2.36. The normalized spacial score (nSPS) is 12.8. The number of hydrogen-bond acceptors (Lipinski definition) is 2. The highest BCUT2D eigenvalue weighted by molar-refractivity contribution is 9.10. The molecule has 1 rings (SSSR count). The van der Waals surface area contributed by atoms with E-state index in [1.54, 1.807) is 24.3 Å². The first-order chi connectivity index (χ1) is 9.17. The van der Waals surface area contributed by atoms with Crippen molar-refractivity contribution in [1.82, 2.24) is 5.32 Å². The molecule has 0 heterocycles. The van der Waals surface area contributed by atoms with Crippen LogP contribution in [0.5, 0.6) is 0 Å². The monoisotopic (exact) mass is 353 g/mol. The second-order valence-corrected chi connectivity index (χ2v) is 5.00. The fraction of sp³-hybridized carbons (Fsp3) is 0.333. The maximum atomic E-state index is 12.2. The Kier molecular flexibility index (Phi) is 5.55. The Morgan fingerprint density at radius 2 is 1.80 bits per heavy atom. The lowest BCUT2D eigenvalue weighted by atomic mass is 10.1. The Balaban J connectivity index is 2.62. The second-order valence-electron chi connectivity index (χ2n) is 4.08. The first-order valence-corrected chi connectivity index (χ1v) is 6.30. The van der Waals surface area contributed by atoms with E-state index in [1.807, 2.05) is 5.32 Å². The van der Waals surface area contributed by atoms with E-state index in [1.165, 1.54) is 0 Å². The first kappa shape index (κ1) is 16.5. The molecule has 1 amide bonds. The zero-order valence-electron chi connectivity index (χ0n) is 10.1. The van der Waals surface area contributed by atoms with Crippen LogP contribution < -0.4 is 5.32 Å². The fourth-order valence-electron chi connectivity index (χ4n) is 1.46. The molecule has 0 aromatic heterocycles. The molecule has 4 nitrogen and oxygen atoms in total. The maximum Gasteiger partial charge on any atom is 0.391 e. The quantitative estimate of drug-likeness (QED) is 0.854. The Morgan fingerprint density at radius 1 is 1.25 bits per heavy atom. The lowest BCUT2D eigenvalue weighted by Crippen LogP contribution is -2.44. The predicted octanol–water partition coefficient (Wildman–Crippen LogP) is 2.51. The zero-order chi connectivity index (χ0) is 15.3. The number of nitrogens with one attached hydrogen (secondary N) is 1. The third kappa shape index (κ3) is 6.05. The average molecular weight is 354 g/mol. The van der Waals surface area contributed by atoms with Crippen molar-refractivity contribution in [3.8, 4) is 0 Å². The van der Waals surface area contributed by atoms with Gasteiger partial charge in [0.2, 0.25) is 5.91 Å². The van der Waals surface area contributed by atoms with E-state index < -0.39 is 30.5 Å². The molecule has 110 valence electrons. The standard InChI is InChI=1S/C12H11BrF3NO3/c13-8-3-1-7(2-4-8)5-10(18)17-9(11(19)20)6-12(14,15)16/h1-4,9H,5-6H2,(H,17,18)(H,19,20). The molecular formula is C12H11BrF3NO3. The van der Waals surface area contributed by atoms with Crippen LogP contribution in [0.4, 0.5) is 13.2 Å². The van der Waals surface area contributed by atoms with E-state index in [4.69, 9.17) is 5.11 Å². The van der Waals surface area contributed by atoms with E-state index in [9.17, 15) is 22.8 Å². The smallest absolute Gasteiger partial charge is 0.391 e. The number of carbonyl (C=O) groups is 2. The van der Waals surface area contributed by atoms with Gasteiger partial charge in [0.05, 0.1) is 12.8 Å². The van der Waals surface area contributed by atoms with Gasteiger partial charge in [0.25, 0.3) is 0 Å². The van der Waals surface area contributed by atoms with Crippen LogP contribution >= 0.6 is 15.9 Å². The largest absolute Gasteiger partial charge is 0.480 e. The van der Waals surface area contributed by atoms with Crippen molar-refractivity contribution >= 4 is 27.8 Å². The molecule has 0 radical (unpaired) electrons. The van der Waals surface area contributed by atoms with Gasteiger partial charge in [0.15, 0.2) is 0 Å². The molecule has 1 aromatic carbocycles. The maximum absolute atomic E-state index is 12.2. The van der Waals surface area contributed by atoms with Gasteiger partial charge >= 0.3 is 12.1 Å². The molecular weight excluding hydrogens is 343 g/mol. The molecule has 8 heteroatoms. The SMILES string of the molecule is O=C(Cc1ccc(Br)cc1)NC(CC(F)(F)F)C(=O)O. The molecule has 0 aliphatic carbocycles. The van der Waals surface area contributed by atoms with Crippen molar-refractivity contribution in [1.29, 1.82) is 0 Å². The van der Waals surface area contributed by atoms with Gasteiger partial charge < -0.3 is 10.4 Å². The van der Waals surface area contributed by atoms with Crippen molar-refractivity contribution in [2.75, 3.05) is 0 Å². The van der Waals surface area contributed by atoms with Gasteiger partial charge in [-0.05, 0) is 17.7 Å². The molecule has 0 saturated carbocycles. The summed E-state index contributed by atoms with van der Waals surface area (Å²) < 4.78 is 37.3. The van der Waals surface area contributed by atoms with Gasteiger partial charge in [-0.15, -0.1) is 0 Å². The Labute approximate surface area is 121 Å². The summed E-state index contributed by atoms with van der Waals surface area (Å²) in [6.07, 6.45) is -6.45. The van der Waals surface area contributed by atoms with Crippen LogP contribution in [0.1, 0.15) is 12.0 Å². The molecule has 1 unspecified atom stereocenters. The molecule has 0 fully saturated rings. The fourth-order valence-corrected chi connectivity index (χ4v) is 1.73. The Hall–Kier alpha value is -1.57. The van der Waals surface area contributed by atoms with Gasteiger partial charge in [0, 0.05) is 4.47 Å². The summed E-state index contributed by atoms with van der Waals surface area (Å²) in [5.74, 6) is -2.49. The number of carboxylic acid groups (broad SMARTS) is 1. The van der Waals surface area contributed by atoms with Crippen LogP contribution in [-0.2, 0) is 16.0 Å². The topological polar surface area (TPSA) is 66.4 Å². The van der Waals surface area contributed by atoms with E-state index in [0.29, 0.717) is 5.56 Å². The van der Waals surface area contributed by atoms with Crippen molar-refractivity contribution in [2.45, 2.75) is 25.1 Å². The first-order valence-electron chi connectivity index (χ1n) is 5.51. The lowest BCUT2D eigenvalue weighted by Gasteiger charge is -2.16. The highest BCUT2D eigenvalue weighted by atomic mass is 79.9. The van der Waals surface area contributed by atoms with Gasteiger partial charge in [0.1, 0.15) is 6.04 Å². The number of amides is 1. The van der Waals surface area contributed by atoms with Crippen molar-refractivity contribution in [3.05, 3.63) is 34.3 Å². The second kappa shape index (κ2) is 6.74. The molecule has 1 aromatic rings. The predicted molar refractivity (Wildman–Crippen MR) is 68.1 cm³/mol. The minimum Gasteiger partial charge on any atom is -0.480 e. The number of benzene rings is 1. The zero-order valence-corrected chi connectivity index (χ0v) is 11.7. The van der Waals surface area contributed by atoms with Gasteiger partial charge in [-0.3, -0.25) is 4.79 Å². The summed E-state index contributed by atoms with van der Waals surface area (Å²) >= 11 is 3.20. The average Bonchev–Trinajstić information content (AvgIpc) is 2.29. The van der Waals surface area contributed by atoms with Crippen molar-refractivity contribution < 1.29 is 27.9 Å². The summed E-state index contributed by atoms with van der Waals surface area (Å²) in [5.41, 5.74) is 0.571. The van der Waals surface area contributed by atoms with Gasteiger partial charge in [-0.1, -0.05) is 28.1 Å². The summed E-state index contributed by atoms with van der Waals surface area (Å²) in [6, 6.07) is 4.60. The molecule has 0 aliphatic rings. The van der Waals surface area contributed by atoms with E-state index in [0.717, 1.165) is 4.47 Å². The van der Waals surface area contributed by atoms with Crippen LogP contribution in [-0.4, -0.2) is 29.2 Å². The number of halogens is 4. The summed E-state index contributed by atoms with van der Waals surface area (Å²) in [6.45, 7) is 0. The third-order valence-electron chi connectivity index (χ3n) is 2.35. The molecule has 1 atom stereocenters. The summed E-state index contributed by atoms with van der Waals surface area (Å²) in [7, 11) is 0. The Morgan fingerprint density at radius 3 is 2.25 bits per heavy atom. The van der Waals surface area contributed by atoms with Crippen LogP contribution in [0, 0.1) is 0 Å². The van der Waals surface area contributed by atoms with Gasteiger partial charge in [-0.2, -0.15) is 13.2 Å². The van der Waals surface area contributed by atoms with Crippen molar-refractivity contribution in [2.24, 2.45) is 0 Å². The van der Waals surface area contributed by atoms with Crippen LogP contribution in [0.3, 0.4) is 0 Å². The number of hydrogen-bond donors (Lipinski definition) is 2.